The average Bonchev–Trinajstić information content (AvgIpc) is 2.83. The fraction of sp³-hybridized carbons (Fsp3) is 0.462. The Morgan fingerprint density at radius 3 is 3.06 bits per heavy atom. The van der Waals surface area contributed by atoms with Crippen LogP contribution in [0.5, 0.6) is 0 Å². The van der Waals surface area contributed by atoms with Gasteiger partial charge in [0.1, 0.15) is 4.88 Å². The van der Waals surface area contributed by atoms with Crippen LogP contribution in [0.15, 0.2) is 11.4 Å². The summed E-state index contributed by atoms with van der Waals surface area (Å²) in [5, 5.41) is 1.89. The van der Waals surface area contributed by atoms with Gasteiger partial charge in [-0.1, -0.05) is 11.8 Å². The second-order valence-electron chi connectivity index (χ2n) is 3.74. The molecular formula is C13H18N2OS2. The third-order valence-corrected chi connectivity index (χ3v) is 3.97. The predicted molar refractivity (Wildman–Crippen MR) is 80.2 cm³/mol. The molecular weight excluding hydrogens is 264 g/mol. The normalized spacial score (nSPS) is 9.72. The Labute approximate surface area is 117 Å². The topological polar surface area (TPSA) is 46.3 Å². The SMILES string of the molecule is CSCCCN(C)C(=O)c1sccc1C#CCN. The van der Waals surface area contributed by atoms with E-state index in [9.17, 15) is 4.79 Å². The van der Waals surface area contributed by atoms with Gasteiger partial charge in [0.15, 0.2) is 0 Å². The molecule has 0 spiro atoms. The van der Waals surface area contributed by atoms with E-state index in [2.05, 4.69) is 18.1 Å². The molecule has 0 aliphatic rings. The number of amides is 1. The standard InChI is InChI=1S/C13H18N2OS2/c1-15(8-4-9-17-2)13(16)12-11(5-3-7-14)6-10-18-12/h6,10H,4,7-9,14H2,1-2H3. The molecule has 0 unspecified atom stereocenters. The van der Waals surface area contributed by atoms with Crippen molar-refractivity contribution >= 4 is 29.0 Å². The van der Waals surface area contributed by atoms with Crippen LogP contribution in [0.2, 0.25) is 0 Å². The number of nitrogens with zero attached hydrogens (tertiary/aromatic N) is 1. The zero-order valence-electron chi connectivity index (χ0n) is 10.7. The molecule has 0 aliphatic carbocycles. The zero-order valence-corrected chi connectivity index (χ0v) is 12.4. The molecule has 1 aromatic rings. The van der Waals surface area contributed by atoms with E-state index in [1.165, 1.54) is 11.3 Å². The van der Waals surface area contributed by atoms with Gasteiger partial charge in [-0.15, -0.1) is 11.3 Å². The highest BCUT2D eigenvalue weighted by Gasteiger charge is 2.15. The number of thioether (sulfide) groups is 1. The Kier molecular flexibility index (Phi) is 6.88. The second kappa shape index (κ2) is 8.20. The lowest BCUT2D eigenvalue weighted by molar-refractivity contribution is 0.0800. The van der Waals surface area contributed by atoms with Crippen molar-refractivity contribution in [3.05, 3.63) is 21.9 Å². The van der Waals surface area contributed by atoms with Gasteiger partial charge in [-0.05, 0) is 29.9 Å². The highest BCUT2D eigenvalue weighted by atomic mass is 32.2. The van der Waals surface area contributed by atoms with Gasteiger partial charge in [0, 0.05) is 19.2 Å². The highest BCUT2D eigenvalue weighted by molar-refractivity contribution is 7.98. The average molecular weight is 282 g/mol. The summed E-state index contributed by atoms with van der Waals surface area (Å²) in [6, 6.07) is 1.87. The van der Waals surface area contributed by atoms with Gasteiger partial charge in [0.2, 0.25) is 0 Å². The van der Waals surface area contributed by atoms with Crippen LogP contribution in [0.25, 0.3) is 0 Å². The van der Waals surface area contributed by atoms with Gasteiger partial charge >= 0.3 is 0 Å². The van der Waals surface area contributed by atoms with Crippen molar-refractivity contribution in [2.75, 3.05) is 32.1 Å². The quantitative estimate of drug-likeness (QED) is 0.662. The minimum absolute atomic E-state index is 0.0485. The van der Waals surface area contributed by atoms with Crippen molar-refractivity contribution < 1.29 is 4.79 Å². The Hall–Kier alpha value is -0.960. The summed E-state index contributed by atoms with van der Waals surface area (Å²) in [6.07, 6.45) is 3.08. The first-order valence-corrected chi connectivity index (χ1v) is 7.99. The first-order valence-electron chi connectivity index (χ1n) is 5.71. The molecule has 1 heterocycles. The summed E-state index contributed by atoms with van der Waals surface area (Å²) < 4.78 is 0. The van der Waals surface area contributed by atoms with E-state index in [-0.39, 0.29) is 5.91 Å². The Morgan fingerprint density at radius 2 is 2.39 bits per heavy atom. The van der Waals surface area contributed by atoms with E-state index < -0.39 is 0 Å². The molecule has 0 aliphatic heterocycles. The highest BCUT2D eigenvalue weighted by Crippen LogP contribution is 2.18. The monoisotopic (exact) mass is 282 g/mol. The first kappa shape index (κ1) is 15.1. The molecule has 0 saturated carbocycles. The van der Waals surface area contributed by atoms with Gasteiger partial charge < -0.3 is 10.6 Å². The summed E-state index contributed by atoms with van der Waals surface area (Å²) in [7, 11) is 1.84. The number of hydrogen-bond donors (Lipinski definition) is 1. The molecule has 0 saturated heterocycles. The lowest BCUT2D eigenvalue weighted by Crippen LogP contribution is -2.27. The summed E-state index contributed by atoms with van der Waals surface area (Å²) >= 11 is 3.23. The molecule has 2 N–H and O–H groups in total. The molecule has 1 amide bonds. The Bertz CT molecular complexity index is 445. The molecule has 3 nitrogen and oxygen atoms in total. The predicted octanol–water partition coefficient (Wildman–Crippen LogP) is 1.88. The number of hydrogen-bond acceptors (Lipinski definition) is 4. The molecule has 0 radical (unpaired) electrons. The third-order valence-electron chi connectivity index (χ3n) is 2.37. The van der Waals surface area contributed by atoms with Crippen LogP contribution in [0, 0.1) is 11.8 Å². The maximum absolute atomic E-state index is 12.2. The maximum atomic E-state index is 12.2. The first-order chi connectivity index (χ1) is 8.70. The number of carbonyl (C=O) groups excluding carboxylic acids is 1. The fourth-order valence-electron chi connectivity index (χ4n) is 1.44. The largest absolute Gasteiger partial charge is 0.341 e. The van der Waals surface area contributed by atoms with Crippen LogP contribution in [0.1, 0.15) is 21.7 Å². The van der Waals surface area contributed by atoms with E-state index >= 15 is 0 Å². The van der Waals surface area contributed by atoms with Crippen molar-refractivity contribution in [1.82, 2.24) is 4.90 Å². The van der Waals surface area contributed by atoms with Crippen LogP contribution in [-0.2, 0) is 0 Å². The number of thiophene rings is 1. The van der Waals surface area contributed by atoms with Gasteiger partial charge in [-0.25, -0.2) is 0 Å². The summed E-state index contributed by atoms with van der Waals surface area (Å²) in [6.45, 7) is 1.09. The Balaban J connectivity index is 2.68. The number of carbonyl (C=O) groups is 1. The smallest absolute Gasteiger partial charge is 0.264 e. The molecule has 0 atom stereocenters. The lowest BCUT2D eigenvalue weighted by Gasteiger charge is -2.16. The van der Waals surface area contributed by atoms with Crippen molar-refractivity contribution in [1.29, 1.82) is 0 Å². The van der Waals surface area contributed by atoms with E-state index in [1.54, 1.807) is 16.7 Å². The molecule has 18 heavy (non-hydrogen) atoms. The van der Waals surface area contributed by atoms with E-state index in [0.717, 1.165) is 24.3 Å². The van der Waals surface area contributed by atoms with Crippen LogP contribution < -0.4 is 5.73 Å². The van der Waals surface area contributed by atoms with Crippen LogP contribution in [0.4, 0.5) is 0 Å². The van der Waals surface area contributed by atoms with Crippen LogP contribution >= 0.6 is 23.1 Å². The van der Waals surface area contributed by atoms with Gasteiger partial charge in [0.05, 0.1) is 6.54 Å². The fourth-order valence-corrected chi connectivity index (χ4v) is 2.70. The maximum Gasteiger partial charge on any atom is 0.264 e. The molecule has 0 fully saturated rings. The number of nitrogens with two attached hydrogens (primary N) is 1. The van der Waals surface area contributed by atoms with Crippen molar-refractivity contribution in [2.24, 2.45) is 5.73 Å². The van der Waals surface area contributed by atoms with Gasteiger partial charge in [-0.2, -0.15) is 11.8 Å². The minimum Gasteiger partial charge on any atom is -0.341 e. The minimum atomic E-state index is 0.0485. The van der Waals surface area contributed by atoms with E-state index in [4.69, 9.17) is 5.73 Å². The van der Waals surface area contributed by atoms with Crippen LogP contribution in [0.3, 0.4) is 0 Å². The zero-order chi connectivity index (χ0) is 13.4. The van der Waals surface area contributed by atoms with E-state index in [1.807, 2.05) is 18.5 Å². The number of rotatable bonds is 5. The molecule has 0 bridgehead atoms. The van der Waals surface area contributed by atoms with Gasteiger partial charge in [-0.3, -0.25) is 4.79 Å². The summed E-state index contributed by atoms with van der Waals surface area (Å²) in [5.41, 5.74) is 6.13. The van der Waals surface area contributed by atoms with Crippen molar-refractivity contribution in [3.63, 3.8) is 0 Å². The molecule has 98 valence electrons. The molecule has 5 heteroatoms. The lowest BCUT2D eigenvalue weighted by atomic mass is 10.2. The second-order valence-corrected chi connectivity index (χ2v) is 5.64. The van der Waals surface area contributed by atoms with Gasteiger partial charge in [0.25, 0.3) is 5.91 Å². The molecule has 0 aromatic carbocycles. The van der Waals surface area contributed by atoms with Crippen molar-refractivity contribution in [3.8, 4) is 11.8 Å². The molecule has 1 aromatic heterocycles. The van der Waals surface area contributed by atoms with Crippen LogP contribution in [-0.4, -0.2) is 43.0 Å². The molecule has 1 rings (SSSR count). The summed E-state index contributed by atoms with van der Waals surface area (Å²) in [4.78, 5) is 14.7. The third kappa shape index (κ3) is 4.37. The van der Waals surface area contributed by atoms with E-state index in [0.29, 0.717) is 11.4 Å². The Morgan fingerprint density at radius 1 is 1.61 bits per heavy atom. The summed E-state index contributed by atoms with van der Waals surface area (Å²) in [5.74, 6) is 6.85. The van der Waals surface area contributed by atoms with Crippen molar-refractivity contribution in [2.45, 2.75) is 6.42 Å².